The zero-order valence-corrected chi connectivity index (χ0v) is 12.4. The lowest BCUT2D eigenvalue weighted by Gasteiger charge is -2.12. The Morgan fingerprint density at radius 2 is 2.00 bits per heavy atom. The predicted molar refractivity (Wildman–Crippen MR) is 74.3 cm³/mol. The standard InChI is InChI=1S/C15H14F4N2O2/c1-3-4-21-13(12(8-20-21)15(17,18)19)9-5-10(14(22)23-2)7-11(16)6-9/h5-8H,3-4H2,1-2H3. The first-order valence-corrected chi connectivity index (χ1v) is 6.80. The SMILES string of the molecule is CCCn1ncc(C(F)(F)F)c1-c1cc(F)cc(C(=O)OC)c1. The van der Waals surface area contributed by atoms with Crippen LogP contribution in [0, 0.1) is 5.82 Å². The molecule has 8 heteroatoms. The lowest BCUT2D eigenvalue weighted by atomic mass is 10.0. The number of aromatic nitrogens is 2. The molecule has 4 nitrogen and oxygen atoms in total. The van der Waals surface area contributed by atoms with Crippen LogP contribution in [0.5, 0.6) is 0 Å². The molecule has 2 rings (SSSR count). The van der Waals surface area contributed by atoms with Gasteiger partial charge in [0.25, 0.3) is 0 Å². The lowest BCUT2D eigenvalue weighted by Crippen LogP contribution is -2.09. The van der Waals surface area contributed by atoms with Crippen molar-refractivity contribution in [3.63, 3.8) is 0 Å². The van der Waals surface area contributed by atoms with Crippen molar-refractivity contribution < 1.29 is 27.1 Å². The van der Waals surface area contributed by atoms with Gasteiger partial charge in [0.05, 0.1) is 24.6 Å². The van der Waals surface area contributed by atoms with Crippen LogP contribution in [-0.2, 0) is 17.5 Å². The minimum Gasteiger partial charge on any atom is -0.465 e. The zero-order valence-electron chi connectivity index (χ0n) is 12.4. The summed E-state index contributed by atoms with van der Waals surface area (Å²) in [7, 11) is 1.11. The summed E-state index contributed by atoms with van der Waals surface area (Å²) in [6, 6.07) is 3.00. The van der Waals surface area contributed by atoms with E-state index >= 15 is 0 Å². The van der Waals surface area contributed by atoms with E-state index in [1.807, 2.05) is 0 Å². The van der Waals surface area contributed by atoms with Crippen LogP contribution >= 0.6 is 0 Å². The smallest absolute Gasteiger partial charge is 0.420 e. The highest BCUT2D eigenvalue weighted by Gasteiger charge is 2.37. The largest absolute Gasteiger partial charge is 0.465 e. The van der Waals surface area contributed by atoms with Gasteiger partial charge in [0.2, 0.25) is 0 Å². The average molecular weight is 330 g/mol. The first-order chi connectivity index (χ1) is 10.8. The topological polar surface area (TPSA) is 44.1 Å². The van der Waals surface area contributed by atoms with Crippen molar-refractivity contribution in [3.05, 3.63) is 41.3 Å². The van der Waals surface area contributed by atoms with Gasteiger partial charge in [0.15, 0.2) is 0 Å². The first kappa shape index (κ1) is 17.0. The van der Waals surface area contributed by atoms with E-state index < -0.39 is 23.5 Å². The van der Waals surface area contributed by atoms with Crippen LogP contribution in [0.25, 0.3) is 11.3 Å². The molecule has 1 heterocycles. The second kappa shape index (κ2) is 6.39. The first-order valence-electron chi connectivity index (χ1n) is 6.80. The van der Waals surface area contributed by atoms with Crippen molar-refractivity contribution in [2.24, 2.45) is 0 Å². The molecule has 0 saturated carbocycles. The van der Waals surface area contributed by atoms with Gasteiger partial charge >= 0.3 is 12.1 Å². The predicted octanol–water partition coefficient (Wildman–Crippen LogP) is 3.90. The van der Waals surface area contributed by atoms with E-state index in [4.69, 9.17) is 0 Å². The molecule has 0 spiro atoms. The maximum Gasteiger partial charge on any atom is 0.420 e. The van der Waals surface area contributed by atoms with Gasteiger partial charge in [-0.15, -0.1) is 0 Å². The van der Waals surface area contributed by atoms with Crippen LogP contribution in [0.3, 0.4) is 0 Å². The third-order valence-corrected chi connectivity index (χ3v) is 3.17. The summed E-state index contributed by atoms with van der Waals surface area (Å²) in [4.78, 5) is 11.5. The number of hydrogen-bond acceptors (Lipinski definition) is 3. The van der Waals surface area contributed by atoms with Crippen molar-refractivity contribution >= 4 is 5.97 Å². The minimum absolute atomic E-state index is 0.0799. The van der Waals surface area contributed by atoms with Crippen LogP contribution in [0.15, 0.2) is 24.4 Å². The van der Waals surface area contributed by atoms with Crippen molar-refractivity contribution in [1.82, 2.24) is 9.78 Å². The number of carbonyl (C=O) groups is 1. The fraction of sp³-hybridized carbons (Fsp3) is 0.333. The van der Waals surface area contributed by atoms with Crippen molar-refractivity contribution in [3.8, 4) is 11.3 Å². The van der Waals surface area contributed by atoms with Crippen LogP contribution in [0.2, 0.25) is 0 Å². The van der Waals surface area contributed by atoms with E-state index in [0.29, 0.717) is 12.6 Å². The third-order valence-electron chi connectivity index (χ3n) is 3.17. The van der Waals surface area contributed by atoms with E-state index in [-0.39, 0.29) is 23.4 Å². The van der Waals surface area contributed by atoms with Crippen molar-refractivity contribution in [2.75, 3.05) is 7.11 Å². The molecule has 0 bridgehead atoms. The number of esters is 1. The Labute approximate surface area is 129 Å². The minimum atomic E-state index is -4.64. The Morgan fingerprint density at radius 3 is 2.57 bits per heavy atom. The molecule has 0 N–H and O–H groups in total. The van der Waals surface area contributed by atoms with Gasteiger partial charge in [-0.1, -0.05) is 6.92 Å². The van der Waals surface area contributed by atoms with Gasteiger partial charge in [0, 0.05) is 12.1 Å². The van der Waals surface area contributed by atoms with Crippen LogP contribution in [0.1, 0.15) is 29.3 Å². The molecule has 0 aliphatic carbocycles. The monoisotopic (exact) mass is 330 g/mol. The molecule has 0 atom stereocenters. The molecule has 0 radical (unpaired) electrons. The summed E-state index contributed by atoms with van der Waals surface area (Å²) in [5.74, 6) is -1.67. The number of aryl methyl sites for hydroxylation is 1. The normalized spacial score (nSPS) is 11.6. The Kier molecular flexibility index (Phi) is 4.72. The van der Waals surface area contributed by atoms with Gasteiger partial charge < -0.3 is 4.74 Å². The number of alkyl halides is 3. The van der Waals surface area contributed by atoms with Crippen LogP contribution < -0.4 is 0 Å². The van der Waals surface area contributed by atoms with Crippen LogP contribution in [0.4, 0.5) is 17.6 Å². The fourth-order valence-electron chi connectivity index (χ4n) is 2.24. The highest BCUT2D eigenvalue weighted by Crippen LogP contribution is 2.37. The van der Waals surface area contributed by atoms with Crippen molar-refractivity contribution in [2.45, 2.75) is 26.1 Å². The zero-order chi connectivity index (χ0) is 17.2. The van der Waals surface area contributed by atoms with E-state index in [2.05, 4.69) is 9.84 Å². The van der Waals surface area contributed by atoms with Gasteiger partial charge in [-0.3, -0.25) is 4.68 Å². The molecule has 1 aromatic carbocycles. The summed E-state index contributed by atoms with van der Waals surface area (Å²) in [5.41, 5.74) is -1.50. The molecule has 0 aliphatic rings. The molecule has 0 amide bonds. The van der Waals surface area contributed by atoms with Crippen molar-refractivity contribution in [1.29, 1.82) is 0 Å². The van der Waals surface area contributed by atoms with E-state index in [1.54, 1.807) is 6.92 Å². The molecule has 1 aromatic heterocycles. The number of halogens is 4. The molecular formula is C15H14F4N2O2. The third kappa shape index (κ3) is 3.52. The van der Waals surface area contributed by atoms with E-state index in [0.717, 1.165) is 30.0 Å². The quantitative estimate of drug-likeness (QED) is 0.631. The maximum atomic E-state index is 13.7. The van der Waals surface area contributed by atoms with Gasteiger partial charge in [0.1, 0.15) is 11.4 Å². The molecule has 2 aromatic rings. The number of hydrogen-bond donors (Lipinski definition) is 0. The Morgan fingerprint density at radius 1 is 1.30 bits per heavy atom. The number of carbonyl (C=O) groups excluding carboxylic acids is 1. The number of benzene rings is 1. The number of rotatable bonds is 4. The molecule has 0 saturated heterocycles. The molecule has 0 fully saturated rings. The average Bonchev–Trinajstić information content (AvgIpc) is 2.90. The molecule has 124 valence electrons. The summed E-state index contributed by atoms with van der Waals surface area (Å²) in [5, 5.41) is 3.73. The second-order valence-corrected chi connectivity index (χ2v) is 4.85. The lowest BCUT2D eigenvalue weighted by molar-refractivity contribution is -0.137. The fourth-order valence-corrected chi connectivity index (χ4v) is 2.24. The van der Waals surface area contributed by atoms with E-state index in [9.17, 15) is 22.4 Å². The Bertz CT molecular complexity index is 723. The van der Waals surface area contributed by atoms with Gasteiger partial charge in [-0.2, -0.15) is 18.3 Å². The highest BCUT2D eigenvalue weighted by atomic mass is 19.4. The molecule has 23 heavy (non-hydrogen) atoms. The molecular weight excluding hydrogens is 316 g/mol. The Balaban J connectivity index is 2.67. The molecule has 0 aliphatic heterocycles. The summed E-state index contributed by atoms with van der Waals surface area (Å²) < 4.78 is 58.9. The van der Waals surface area contributed by atoms with Gasteiger partial charge in [-0.25, -0.2) is 9.18 Å². The Hall–Kier alpha value is -2.38. The number of methoxy groups -OCH3 is 1. The maximum absolute atomic E-state index is 13.7. The molecule has 0 unspecified atom stereocenters. The summed E-state index contributed by atoms with van der Waals surface area (Å²) in [6.07, 6.45) is -3.39. The number of ether oxygens (including phenoxy) is 1. The number of nitrogens with zero attached hydrogens (tertiary/aromatic N) is 2. The highest BCUT2D eigenvalue weighted by molar-refractivity contribution is 5.91. The summed E-state index contributed by atoms with van der Waals surface area (Å²) >= 11 is 0. The van der Waals surface area contributed by atoms with E-state index in [1.165, 1.54) is 0 Å². The second-order valence-electron chi connectivity index (χ2n) is 4.85. The summed E-state index contributed by atoms with van der Waals surface area (Å²) in [6.45, 7) is 2.01. The van der Waals surface area contributed by atoms with Crippen LogP contribution in [-0.4, -0.2) is 22.9 Å². The van der Waals surface area contributed by atoms with Gasteiger partial charge in [-0.05, 0) is 24.6 Å².